The smallest absolute Gasteiger partial charge is 0.341 e. The zero-order valence-electron chi connectivity index (χ0n) is 15.3. The van der Waals surface area contributed by atoms with Gasteiger partial charge in [0.15, 0.2) is 11.5 Å². The number of benzene rings is 2. The number of esters is 1. The molecule has 0 unspecified atom stereocenters. The highest BCUT2D eigenvalue weighted by Crippen LogP contribution is 2.38. The van der Waals surface area contributed by atoms with Crippen LogP contribution >= 0.6 is 0 Å². The molecule has 0 aliphatic carbocycles. The molecule has 152 valence electrons. The quantitative estimate of drug-likeness (QED) is 0.611. The SMILES string of the molecule is COc1cc(COC(=O)c2ccc(S(=O)(=O)C(F)F)cc2)cc(OC)c1OC. The molecule has 0 radical (unpaired) electrons. The topological polar surface area (TPSA) is 88.1 Å². The van der Waals surface area contributed by atoms with E-state index in [1.54, 1.807) is 12.1 Å². The molecule has 0 aliphatic rings. The van der Waals surface area contributed by atoms with Crippen molar-refractivity contribution in [1.82, 2.24) is 0 Å². The minimum atomic E-state index is -4.72. The van der Waals surface area contributed by atoms with E-state index >= 15 is 0 Å². The summed E-state index contributed by atoms with van der Waals surface area (Å²) in [7, 11) is -0.372. The third-order valence-electron chi connectivity index (χ3n) is 3.75. The fraction of sp³-hybridized carbons (Fsp3) is 0.278. The molecule has 0 spiro atoms. The van der Waals surface area contributed by atoms with Gasteiger partial charge in [-0.25, -0.2) is 13.2 Å². The van der Waals surface area contributed by atoms with Gasteiger partial charge in [-0.15, -0.1) is 0 Å². The van der Waals surface area contributed by atoms with Gasteiger partial charge < -0.3 is 18.9 Å². The van der Waals surface area contributed by atoms with Gasteiger partial charge in [0.25, 0.3) is 0 Å². The van der Waals surface area contributed by atoms with Crippen molar-refractivity contribution in [3.05, 3.63) is 47.5 Å². The molecule has 10 heteroatoms. The fourth-order valence-corrected chi connectivity index (χ4v) is 3.06. The fourth-order valence-electron chi connectivity index (χ4n) is 2.33. The second-order valence-corrected chi connectivity index (χ2v) is 7.36. The van der Waals surface area contributed by atoms with E-state index in [0.29, 0.717) is 22.8 Å². The second kappa shape index (κ2) is 8.87. The van der Waals surface area contributed by atoms with E-state index in [2.05, 4.69) is 0 Å². The first kappa shape index (κ1) is 21.4. The molecule has 2 aromatic rings. The van der Waals surface area contributed by atoms with Crippen LogP contribution in [-0.4, -0.2) is 41.5 Å². The van der Waals surface area contributed by atoms with Crippen LogP contribution in [0.2, 0.25) is 0 Å². The summed E-state index contributed by atoms with van der Waals surface area (Å²) in [5, 5.41) is 0. The molecule has 7 nitrogen and oxygen atoms in total. The van der Waals surface area contributed by atoms with Crippen LogP contribution < -0.4 is 14.2 Å². The normalized spacial score (nSPS) is 11.2. The van der Waals surface area contributed by atoms with E-state index in [-0.39, 0.29) is 12.2 Å². The standard InChI is InChI=1S/C18H18F2O7S/c1-24-14-8-11(9-15(25-2)16(14)26-3)10-27-17(21)12-4-6-13(7-5-12)28(22,23)18(19)20/h4-9,18H,10H2,1-3H3. The molecule has 0 amide bonds. The highest BCUT2D eigenvalue weighted by molar-refractivity contribution is 7.91. The summed E-state index contributed by atoms with van der Waals surface area (Å²) in [5.74, 6) is -3.14. The number of rotatable bonds is 8. The van der Waals surface area contributed by atoms with Gasteiger partial charge in [0.2, 0.25) is 15.6 Å². The minimum absolute atomic E-state index is 0.0145. The lowest BCUT2D eigenvalue weighted by Crippen LogP contribution is -2.12. The van der Waals surface area contributed by atoms with Crippen molar-refractivity contribution in [2.24, 2.45) is 0 Å². The summed E-state index contributed by atoms with van der Waals surface area (Å²) in [5.41, 5.74) is 0.570. The molecule has 0 fully saturated rings. The molecule has 0 atom stereocenters. The Balaban J connectivity index is 2.14. The van der Waals surface area contributed by atoms with Crippen LogP contribution in [0, 0.1) is 0 Å². The van der Waals surface area contributed by atoms with E-state index in [0.717, 1.165) is 24.3 Å². The van der Waals surface area contributed by atoms with Crippen LogP contribution in [0.5, 0.6) is 17.2 Å². The lowest BCUT2D eigenvalue weighted by atomic mass is 10.2. The molecule has 0 saturated carbocycles. The molecule has 28 heavy (non-hydrogen) atoms. The average Bonchev–Trinajstić information content (AvgIpc) is 2.70. The first-order chi connectivity index (χ1) is 13.2. The summed E-state index contributed by atoms with van der Waals surface area (Å²) in [6.07, 6.45) is 0. The van der Waals surface area contributed by atoms with Crippen LogP contribution in [0.4, 0.5) is 8.78 Å². The maximum atomic E-state index is 12.5. The number of methoxy groups -OCH3 is 3. The molecular weight excluding hydrogens is 398 g/mol. The van der Waals surface area contributed by atoms with Crippen molar-refractivity contribution in [1.29, 1.82) is 0 Å². The van der Waals surface area contributed by atoms with Crippen LogP contribution in [0.15, 0.2) is 41.3 Å². The van der Waals surface area contributed by atoms with E-state index in [1.807, 2.05) is 0 Å². The van der Waals surface area contributed by atoms with Crippen molar-refractivity contribution in [3.8, 4) is 17.2 Å². The van der Waals surface area contributed by atoms with Crippen molar-refractivity contribution in [2.75, 3.05) is 21.3 Å². The zero-order chi connectivity index (χ0) is 20.9. The third kappa shape index (κ3) is 4.50. The maximum Gasteiger partial charge on any atom is 0.341 e. The number of carbonyl (C=O) groups is 1. The third-order valence-corrected chi connectivity index (χ3v) is 5.15. The Hall–Kier alpha value is -2.88. The molecule has 0 heterocycles. The van der Waals surface area contributed by atoms with Crippen molar-refractivity contribution in [3.63, 3.8) is 0 Å². The van der Waals surface area contributed by atoms with Crippen LogP contribution in [0.1, 0.15) is 15.9 Å². The zero-order valence-corrected chi connectivity index (χ0v) is 16.1. The number of hydrogen-bond acceptors (Lipinski definition) is 7. The summed E-state index contributed by atoms with van der Waals surface area (Å²) in [4.78, 5) is 11.6. The number of carbonyl (C=O) groups excluding carboxylic acids is 1. The Kier molecular flexibility index (Phi) is 6.79. The summed E-state index contributed by atoms with van der Waals surface area (Å²) in [6.45, 7) is -0.132. The maximum absolute atomic E-state index is 12.5. The van der Waals surface area contributed by atoms with E-state index < -0.39 is 26.5 Å². The van der Waals surface area contributed by atoms with E-state index in [9.17, 15) is 22.0 Å². The van der Waals surface area contributed by atoms with Gasteiger partial charge in [-0.05, 0) is 42.0 Å². The van der Waals surface area contributed by atoms with Crippen molar-refractivity contribution in [2.45, 2.75) is 17.3 Å². The molecule has 0 saturated heterocycles. The Bertz CT molecular complexity index is 916. The average molecular weight is 416 g/mol. The summed E-state index contributed by atoms with van der Waals surface area (Å²) < 4.78 is 68.7. The van der Waals surface area contributed by atoms with Crippen molar-refractivity contribution < 1.29 is 40.9 Å². The second-order valence-electron chi connectivity index (χ2n) is 5.44. The van der Waals surface area contributed by atoms with Gasteiger partial charge in [-0.3, -0.25) is 0 Å². The van der Waals surface area contributed by atoms with Gasteiger partial charge in [-0.1, -0.05) is 0 Å². The van der Waals surface area contributed by atoms with E-state index in [1.165, 1.54) is 21.3 Å². The molecule has 0 N–H and O–H groups in total. The number of halogens is 2. The van der Waals surface area contributed by atoms with Gasteiger partial charge in [0, 0.05) is 0 Å². The molecule has 0 aliphatic heterocycles. The Morgan fingerprint density at radius 1 is 0.964 bits per heavy atom. The van der Waals surface area contributed by atoms with Gasteiger partial charge in [0.05, 0.1) is 31.8 Å². The Labute approximate surface area is 160 Å². The predicted octanol–water partition coefficient (Wildman–Crippen LogP) is 3.07. The molecule has 2 aromatic carbocycles. The Morgan fingerprint density at radius 2 is 1.50 bits per heavy atom. The predicted molar refractivity (Wildman–Crippen MR) is 94.8 cm³/mol. The van der Waals surface area contributed by atoms with Gasteiger partial charge in [0.1, 0.15) is 6.61 Å². The van der Waals surface area contributed by atoms with Gasteiger partial charge >= 0.3 is 11.7 Å². The number of ether oxygens (including phenoxy) is 4. The summed E-state index contributed by atoms with van der Waals surface area (Å²) in [6, 6.07) is 7.27. The molecule has 0 bridgehead atoms. The van der Waals surface area contributed by atoms with E-state index in [4.69, 9.17) is 18.9 Å². The monoisotopic (exact) mass is 416 g/mol. The van der Waals surface area contributed by atoms with Crippen molar-refractivity contribution >= 4 is 15.8 Å². The van der Waals surface area contributed by atoms with Crippen LogP contribution in [0.25, 0.3) is 0 Å². The lowest BCUT2D eigenvalue weighted by molar-refractivity contribution is 0.0472. The summed E-state index contributed by atoms with van der Waals surface area (Å²) >= 11 is 0. The number of alkyl halides is 2. The number of sulfone groups is 1. The largest absolute Gasteiger partial charge is 0.493 e. The highest BCUT2D eigenvalue weighted by atomic mass is 32.2. The lowest BCUT2D eigenvalue weighted by Gasteiger charge is -2.14. The van der Waals surface area contributed by atoms with Crippen LogP contribution in [-0.2, 0) is 21.2 Å². The number of hydrogen-bond donors (Lipinski definition) is 0. The molecule has 0 aromatic heterocycles. The first-order valence-electron chi connectivity index (χ1n) is 7.82. The Morgan fingerprint density at radius 3 is 1.93 bits per heavy atom. The first-order valence-corrected chi connectivity index (χ1v) is 9.37. The molecular formula is C18H18F2O7S. The minimum Gasteiger partial charge on any atom is -0.493 e. The highest BCUT2D eigenvalue weighted by Gasteiger charge is 2.26. The van der Waals surface area contributed by atoms with Crippen LogP contribution in [0.3, 0.4) is 0 Å². The molecule has 2 rings (SSSR count). The van der Waals surface area contributed by atoms with Gasteiger partial charge in [-0.2, -0.15) is 8.78 Å².